The van der Waals surface area contributed by atoms with Crippen LogP contribution < -0.4 is 0 Å². The van der Waals surface area contributed by atoms with Gasteiger partial charge in [0, 0.05) is 18.1 Å². The van der Waals surface area contributed by atoms with Gasteiger partial charge in [0.1, 0.15) is 12.5 Å². The molecule has 0 aromatic heterocycles. The molecule has 1 saturated heterocycles. The lowest BCUT2D eigenvalue weighted by Gasteiger charge is -2.32. The molecule has 1 rings (SSSR count). The molecule has 0 bridgehead atoms. The van der Waals surface area contributed by atoms with Crippen LogP contribution in [0.4, 0.5) is 13.2 Å². The molecule has 1 atom stereocenters. The number of carbonyl (C=O) groups excluding carboxylic acids is 1. The lowest BCUT2D eigenvalue weighted by molar-refractivity contribution is -0.166. The SMILES string of the molecule is O=C(O)C1CSCCN1C(=O)CC(F)(F)F. The smallest absolute Gasteiger partial charge is 0.397 e. The van der Waals surface area contributed by atoms with E-state index in [-0.39, 0.29) is 12.3 Å². The van der Waals surface area contributed by atoms with Crippen molar-refractivity contribution in [3.8, 4) is 0 Å². The van der Waals surface area contributed by atoms with Gasteiger partial charge < -0.3 is 10.0 Å². The van der Waals surface area contributed by atoms with Gasteiger partial charge in [-0.05, 0) is 0 Å². The van der Waals surface area contributed by atoms with Crippen LogP contribution >= 0.6 is 11.8 Å². The molecule has 16 heavy (non-hydrogen) atoms. The summed E-state index contributed by atoms with van der Waals surface area (Å²) >= 11 is 1.31. The molecule has 0 aromatic rings. The largest absolute Gasteiger partial charge is 0.480 e. The van der Waals surface area contributed by atoms with Gasteiger partial charge in [0.05, 0.1) is 0 Å². The first kappa shape index (κ1) is 13.1. The predicted octanol–water partition coefficient (Wildman–Crippen LogP) is 0.967. The highest BCUT2D eigenvalue weighted by molar-refractivity contribution is 7.99. The standard InChI is InChI=1S/C8H10F3NO3S/c9-8(10,11)3-6(13)12-1-2-16-4-5(12)7(14)15/h5H,1-4H2,(H,14,15). The number of carbonyl (C=O) groups is 2. The lowest BCUT2D eigenvalue weighted by atomic mass is 10.2. The Bertz CT molecular complexity index is 295. The number of alkyl halides is 3. The van der Waals surface area contributed by atoms with Crippen LogP contribution in [-0.2, 0) is 9.59 Å². The second kappa shape index (κ2) is 4.94. The van der Waals surface area contributed by atoms with Crippen molar-refractivity contribution in [3.05, 3.63) is 0 Å². The van der Waals surface area contributed by atoms with Crippen LogP contribution in [-0.4, -0.2) is 52.2 Å². The van der Waals surface area contributed by atoms with Gasteiger partial charge in [0.15, 0.2) is 0 Å². The van der Waals surface area contributed by atoms with Crippen molar-refractivity contribution in [1.29, 1.82) is 0 Å². The Balaban J connectivity index is 2.68. The number of hydrogen-bond acceptors (Lipinski definition) is 3. The van der Waals surface area contributed by atoms with Crippen molar-refractivity contribution >= 4 is 23.6 Å². The average molecular weight is 257 g/mol. The number of halogens is 3. The highest BCUT2D eigenvalue weighted by Crippen LogP contribution is 2.24. The fourth-order valence-corrected chi connectivity index (χ4v) is 2.42. The summed E-state index contributed by atoms with van der Waals surface area (Å²) in [6, 6.07) is -1.14. The van der Waals surface area contributed by atoms with Gasteiger partial charge in [0.25, 0.3) is 0 Å². The quantitative estimate of drug-likeness (QED) is 0.800. The summed E-state index contributed by atoms with van der Waals surface area (Å²) in [5, 5.41) is 8.77. The third-order valence-electron chi connectivity index (χ3n) is 2.09. The summed E-state index contributed by atoms with van der Waals surface area (Å²) < 4.78 is 36.0. The second-order valence-electron chi connectivity index (χ2n) is 3.31. The van der Waals surface area contributed by atoms with E-state index in [0.717, 1.165) is 4.90 Å². The molecule has 1 unspecified atom stereocenters. The first-order valence-electron chi connectivity index (χ1n) is 4.48. The van der Waals surface area contributed by atoms with Crippen LogP contribution in [0.25, 0.3) is 0 Å². The number of nitrogens with zero attached hydrogens (tertiary/aromatic N) is 1. The molecule has 0 spiro atoms. The Morgan fingerprint density at radius 2 is 2.06 bits per heavy atom. The molecule has 0 aliphatic carbocycles. The van der Waals surface area contributed by atoms with E-state index in [9.17, 15) is 22.8 Å². The molecule has 1 heterocycles. The minimum Gasteiger partial charge on any atom is -0.480 e. The van der Waals surface area contributed by atoms with E-state index in [1.54, 1.807) is 0 Å². The van der Waals surface area contributed by atoms with Crippen molar-refractivity contribution in [2.45, 2.75) is 18.6 Å². The number of hydrogen-bond donors (Lipinski definition) is 1. The number of carboxylic acid groups (broad SMARTS) is 1. The van der Waals surface area contributed by atoms with E-state index in [1.807, 2.05) is 0 Å². The maximum absolute atomic E-state index is 12.0. The van der Waals surface area contributed by atoms with Crippen LogP contribution in [0.3, 0.4) is 0 Å². The highest BCUT2D eigenvalue weighted by Gasteiger charge is 2.38. The fraction of sp³-hybridized carbons (Fsp3) is 0.750. The lowest BCUT2D eigenvalue weighted by Crippen LogP contribution is -2.51. The number of amides is 1. The molecule has 1 aliphatic heterocycles. The van der Waals surface area contributed by atoms with E-state index in [0.29, 0.717) is 5.75 Å². The summed E-state index contributed by atoms with van der Waals surface area (Å²) in [5.74, 6) is -1.82. The molecule has 1 aliphatic rings. The normalized spacial score (nSPS) is 21.9. The second-order valence-corrected chi connectivity index (χ2v) is 4.46. The first-order chi connectivity index (χ1) is 7.31. The van der Waals surface area contributed by atoms with Crippen LogP contribution in [0.15, 0.2) is 0 Å². The summed E-state index contributed by atoms with van der Waals surface area (Å²) in [5.41, 5.74) is 0. The summed E-state index contributed by atoms with van der Waals surface area (Å²) in [4.78, 5) is 22.8. The van der Waals surface area contributed by atoms with Gasteiger partial charge in [-0.25, -0.2) is 4.79 Å². The summed E-state index contributed by atoms with van der Waals surface area (Å²) in [6.45, 7) is 0.0521. The van der Waals surface area contributed by atoms with Gasteiger partial charge in [-0.3, -0.25) is 4.79 Å². The average Bonchev–Trinajstić information content (AvgIpc) is 2.15. The Morgan fingerprint density at radius 1 is 1.44 bits per heavy atom. The summed E-state index contributed by atoms with van der Waals surface area (Å²) in [7, 11) is 0. The molecule has 92 valence electrons. The highest BCUT2D eigenvalue weighted by atomic mass is 32.2. The maximum atomic E-state index is 12.0. The molecule has 0 aromatic carbocycles. The van der Waals surface area contributed by atoms with Gasteiger partial charge in [-0.1, -0.05) is 0 Å². The minimum absolute atomic E-state index is 0.0521. The molecular formula is C8H10F3NO3S. The van der Waals surface area contributed by atoms with Crippen molar-refractivity contribution in [2.75, 3.05) is 18.1 Å². The Labute approximate surface area is 93.8 Å². The number of aliphatic carboxylic acids is 1. The molecule has 1 amide bonds. The zero-order chi connectivity index (χ0) is 12.3. The van der Waals surface area contributed by atoms with Gasteiger partial charge in [-0.15, -0.1) is 0 Å². The Morgan fingerprint density at radius 3 is 2.56 bits per heavy atom. The minimum atomic E-state index is -4.59. The molecule has 0 saturated carbocycles. The van der Waals surface area contributed by atoms with Gasteiger partial charge >= 0.3 is 12.1 Å². The molecule has 0 radical (unpaired) electrons. The van der Waals surface area contributed by atoms with Crippen molar-refractivity contribution < 1.29 is 27.9 Å². The predicted molar refractivity (Wildman–Crippen MR) is 51.1 cm³/mol. The zero-order valence-corrected chi connectivity index (χ0v) is 8.98. The number of carboxylic acids is 1. The van der Waals surface area contributed by atoms with E-state index < -0.39 is 30.5 Å². The topological polar surface area (TPSA) is 57.6 Å². The molecule has 8 heteroatoms. The third kappa shape index (κ3) is 3.58. The fourth-order valence-electron chi connectivity index (χ4n) is 1.38. The Kier molecular flexibility index (Phi) is 4.06. The third-order valence-corrected chi connectivity index (χ3v) is 3.11. The van der Waals surface area contributed by atoms with Crippen molar-refractivity contribution in [1.82, 2.24) is 4.90 Å². The van der Waals surface area contributed by atoms with E-state index >= 15 is 0 Å². The number of thioether (sulfide) groups is 1. The van der Waals surface area contributed by atoms with Crippen molar-refractivity contribution in [3.63, 3.8) is 0 Å². The summed E-state index contributed by atoms with van der Waals surface area (Å²) in [6.07, 6.45) is -6.19. The van der Waals surface area contributed by atoms with Crippen LogP contribution in [0.2, 0.25) is 0 Å². The molecule has 1 fully saturated rings. The maximum Gasteiger partial charge on any atom is 0.397 e. The Hall–Kier alpha value is -0.920. The number of rotatable bonds is 2. The molecule has 1 N–H and O–H groups in total. The monoisotopic (exact) mass is 257 g/mol. The first-order valence-corrected chi connectivity index (χ1v) is 5.63. The van der Waals surface area contributed by atoms with Crippen LogP contribution in [0.1, 0.15) is 6.42 Å². The molecule has 4 nitrogen and oxygen atoms in total. The van der Waals surface area contributed by atoms with Gasteiger partial charge in [0.2, 0.25) is 5.91 Å². The van der Waals surface area contributed by atoms with E-state index in [4.69, 9.17) is 5.11 Å². The van der Waals surface area contributed by atoms with E-state index in [2.05, 4.69) is 0 Å². The zero-order valence-electron chi connectivity index (χ0n) is 8.16. The van der Waals surface area contributed by atoms with Crippen LogP contribution in [0.5, 0.6) is 0 Å². The van der Waals surface area contributed by atoms with Crippen molar-refractivity contribution in [2.24, 2.45) is 0 Å². The van der Waals surface area contributed by atoms with Gasteiger partial charge in [-0.2, -0.15) is 24.9 Å². The van der Waals surface area contributed by atoms with Crippen LogP contribution in [0, 0.1) is 0 Å². The molecular weight excluding hydrogens is 247 g/mol. The van der Waals surface area contributed by atoms with E-state index in [1.165, 1.54) is 11.8 Å².